The summed E-state index contributed by atoms with van der Waals surface area (Å²) >= 11 is 0. The van der Waals surface area contributed by atoms with E-state index >= 15 is 0 Å². The van der Waals surface area contributed by atoms with Crippen molar-refractivity contribution >= 4 is 5.97 Å². The van der Waals surface area contributed by atoms with Crippen molar-refractivity contribution < 1.29 is 9.53 Å². The van der Waals surface area contributed by atoms with Gasteiger partial charge in [0.2, 0.25) is 0 Å². The van der Waals surface area contributed by atoms with Crippen LogP contribution in [0.25, 0.3) is 0 Å². The fourth-order valence-corrected chi connectivity index (χ4v) is 1.01. The van der Waals surface area contributed by atoms with Crippen molar-refractivity contribution in [2.75, 3.05) is 6.61 Å². The predicted octanol–water partition coefficient (Wildman–Crippen LogP) is 1.85. The van der Waals surface area contributed by atoms with Crippen molar-refractivity contribution in [1.82, 2.24) is 0 Å². The molecule has 0 aliphatic rings. The van der Waals surface area contributed by atoms with Crippen LogP contribution in [-0.4, -0.2) is 18.6 Å². The lowest BCUT2D eigenvalue weighted by Crippen LogP contribution is -2.28. The second kappa shape index (κ2) is 8.05. The third-order valence-corrected chi connectivity index (χ3v) is 1.86. The first kappa shape index (κ1) is 12.4. The Hall–Kier alpha value is -0.570. The van der Waals surface area contributed by atoms with Gasteiger partial charge in [-0.3, -0.25) is 4.79 Å². The Morgan fingerprint density at radius 3 is 2.46 bits per heavy atom. The first-order valence-corrected chi connectivity index (χ1v) is 5.10. The Morgan fingerprint density at radius 2 is 1.92 bits per heavy atom. The van der Waals surface area contributed by atoms with Crippen molar-refractivity contribution in [2.24, 2.45) is 5.73 Å². The zero-order valence-electron chi connectivity index (χ0n) is 8.71. The highest BCUT2D eigenvalue weighted by Gasteiger charge is 2.07. The maximum absolute atomic E-state index is 10.9. The van der Waals surface area contributed by atoms with Crippen molar-refractivity contribution in [2.45, 2.75) is 52.0 Å². The summed E-state index contributed by atoms with van der Waals surface area (Å²) in [5.74, 6) is -0.296. The van der Waals surface area contributed by atoms with Gasteiger partial charge in [-0.1, -0.05) is 32.6 Å². The van der Waals surface area contributed by atoms with E-state index in [9.17, 15) is 4.79 Å². The number of unbranched alkanes of at least 4 members (excludes halogenated alkanes) is 4. The van der Waals surface area contributed by atoms with Gasteiger partial charge in [-0.2, -0.15) is 0 Å². The lowest BCUT2D eigenvalue weighted by atomic mass is 10.2. The Balaban J connectivity index is 3.12. The monoisotopic (exact) mass is 187 g/mol. The number of hydrogen-bond acceptors (Lipinski definition) is 3. The van der Waals surface area contributed by atoms with Gasteiger partial charge in [0.05, 0.1) is 6.61 Å². The topological polar surface area (TPSA) is 52.3 Å². The molecule has 3 heteroatoms. The summed E-state index contributed by atoms with van der Waals surface area (Å²) in [5.41, 5.74) is 5.32. The first-order chi connectivity index (χ1) is 6.18. The van der Waals surface area contributed by atoms with E-state index in [1.807, 2.05) is 0 Å². The molecule has 0 fully saturated rings. The highest BCUT2D eigenvalue weighted by molar-refractivity contribution is 5.74. The van der Waals surface area contributed by atoms with Crippen LogP contribution in [0.3, 0.4) is 0 Å². The minimum atomic E-state index is -0.490. The summed E-state index contributed by atoms with van der Waals surface area (Å²) in [6, 6.07) is -0.490. The standard InChI is InChI=1S/C10H21NO2/c1-3-4-5-6-7-8-13-10(12)9(2)11/h9H,3-8,11H2,1-2H3. The molecular formula is C10H21NO2. The highest BCUT2D eigenvalue weighted by atomic mass is 16.5. The first-order valence-electron chi connectivity index (χ1n) is 5.10. The molecule has 0 aromatic carbocycles. The normalized spacial score (nSPS) is 12.5. The van der Waals surface area contributed by atoms with E-state index in [-0.39, 0.29) is 5.97 Å². The third kappa shape index (κ3) is 7.78. The van der Waals surface area contributed by atoms with E-state index in [2.05, 4.69) is 6.92 Å². The number of esters is 1. The summed E-state index contributed by atoms with van der Waals surface area (Å²) in [6.45, 7) is 4.33. The molecule has 0 rings (SSSR count). The van der Waals surface area contributed by atoms with E-state index in [0.29, 0.717) is 6.61 Å². The van der Waals surface area contributed by atoms with Crippen molar-refractivity contribution in [3.63, 3.8) is 0 Å². The highest BCUT2D eigenvalue weighted by Crippen LogP contribution is 2.02. The molecular weight excluding hydrogens is 166 g/mol. The van der Waals surface area contributed by atoms with Crippen molar-refractivity contribution in [1.29, 1.82) is 0 Å². The minimum Gasteiger partial charge on any atom is -0.465 e. The number of carbonyl (C=O) groups excluding carboxylic acids is 1. The van der Waals surface area contributed by atoms with E-state index < -0.39 is 6.04 Å². The molecule has 0 heterocycles. The molecule has 0 aliphatic heterocycles. The van der Waals surface area contributed by atoms with Crippen molar-refractivity contribution in [3.8, 4) is 0 Å². The van der Waals surface area contributed by atoms with E-state index in [1.54, 1.807) is 6.92 Å². The molecule has 0 spiro atoms. The van der Waals surface area contributed by atoms with Gasteiger partial charge >= 0.3 is 5.97 Å². The molecule has 3 nitrogen and oxygen atoms in total. The van der Waals surface area contributed by atoms with E-state index in [1.165, 1.54) is 19.3 Å². The molecule has 1 unspecified atom stereocenters. The molecule has 1 atom stereocenters. The molecule has 78 valence electrons. The molecule has 0 aliphatic carbocycles. The van der Waals surface area contributed by atoms with Crippen LogP contribution in [0.15, 0.2) is 0 Å². The van der Waals surface area contributed by atoms with E-state index in [4.69, 9.17) is 10.5 Å². The smallest absolute Gasteiger partial charge is 0.322 e. The molecule has 0 radical (unpaired) electrons. The summed E-state index contributed by atoms with van der Waals surface area (Å²) in [6.07, 6.45) is 5.83. The average molecular weight is 187 g/mol. The van der Waals surface area contributed by atoms with Crippen LogP contribution in [0.5, 0.6) is 0 Å². The number of ether oxygens (including phenoxy) is 1. The molecule has 0 amide bonds. The summed E-state index contributed by atoms with van der Waals surface area (Å²) < 4.78 is 4.92. The molecule has 0 saturated carbocycles. The maximum atomic E-state index is 10.9. The minimum absolute atomic E-state index is 0.296. The van der Waals surface area contributed by atoms with Gasteiger partial charge in [-0.25, -0.2) is 0 Å². The Kier molecular flexibility index (Phi) is 7.69. The van der Waals surface area contributed by atoms with Crippen LogP contribution in [0, 0.1) is 0 Å². The summed E-state index contributed by atoms with van der Waals surface area (Å²) in [4.78, 5) is 10.9. The summed E-state index contributed by atoms with van der Waals surface area (Å²) in [5, 5.41) is 0. The van der Waals surface area contributed by atoms with Crippen molar-refractivity contribution in [3.05, 3.63) is 0 Å². The fourth-order valence-electron chi connectivity index (χ4n) is 1.01. The van der Waals surface area contributed by atoms with Gasteiger partial charge in [0, 0.05) is 0 Å². The van der Waals surface area contributed by atoms with Crippen LogP contribution in [0.4, 0.5) is 0 Å². The quantitative estimate of drug-likeness (QED) is 0.489. The van der Waals surface area contributed by atoms with Gasteiger partial charge in [0.15, 0.2) is 0 Å². The van der Waals surface area contributed by atoms with Gasteiger partial charge in [-0.15, -0.1) is 0 Å². The van der Waals surface area contributed by atoms with Crippen LogP contribution in [0.1, 0.15) is 46.0 Å². The van der Waals surface area contributed by atoms with E-state index in [0.717, 1.165) is 12.8 Å². The third-order valence-electron chi connectivity index (χ3n) is 1.86. The molecule has 0 aromatic heterocycles. The lowest BCUT2D eigenvalue weighted by Gasteiger charge is -2.06. The van der Waals surface area contributed by atoms with Crippen LogP contribution >= 0.6 is 0 Å². The zero-order chi connectivity index (χ0) is 10.1. The number of carbonyl (C=O) groups is 1. The average Bonchev–Trinajstić information content (AvgIpc) is 2.10. The molecule has 0 saturated heterocycles. The molecule has 2 N–H and O–H groups in total. The van der Waals surface area contributed by atoms with Crippen LogP contribution < -0.4 is 5.73 Å². The SMILES string of the molecule is CCCCCCCOC(=O)C(C)N. The Morgan fingerprint density at radius 1 is 1.31 bits per heavy atom. The van der Waals surface area contributed by atoms with Gasteiger partial charge < -0.3 is 10.5 Å². The lowest BCUT2D eigenvalue weighted by molar-refractivity contribution is -0.144. The van der Waals surface area contributed by atoms with Crippen LogP contribution in [0.2, 0.25) is 0 Å². The predicted molar refractivity (Wildman–Crippen MR) is 53.4 cm³/mol. The molecule has 13 heavy (non-hydrogen) atoms. The Labute approximate surface area is 80.6 Å². The maximum Gasteiger partial charge on any atom is 0.322 e. The molecule has 0 bridgehead atoms. The Bertz CT molecular complexity index is 135. The zero-order valence-corrected chi connectivity index (χ0v) is 8.71. The number of nitrogens with two attached hydrogens (primary N) is 1. The number of hydrogen-bond donors (Lipinski definition) is 1. The second-order valence-corrected chi connectivity index (χ2v) is 3.37. The number of rotatable bonds is 7. The molecule has 0 aromatic rings. The van der Waals surface area contributed by atoms with Gasteiger partial charge in [0.1, 0.15) is 6.04 Å². The van der Waals surface area contributed by atoms with Crippen LogP contribution in [-0.2, 0) is 9.53 Å². The summed E-state index contributed by atoms with van der Waals surface area (Å²) in [7, 11) is 0. The van der Waals surface area contributed by atoms with Gasteiger partial charge in [-0.05, 0) is 13.3 Å². The second-order valence-electron chi connectivity index (χ2n) is 3.37. The van der Waals surface area contributed by atoms with Gasteiger partial charge in [0.25, 0.3) is 0 Å². The fraction of sp³-hybridized carbons (Fsp3) is 0.900. The largest absolute Gasteiger partial charge is 0.465 e.